The van der Waals surface area contributed by atoms with Crippen LogP contribution in [0, 0.1) is 0 Å². The molecule has 2 N–H and O–H groups in total. The molecule has 6 nitrogen and oxygen atoms in total. The summed E-state index contributed by atoms with van der Waals surface area (Å²) in [6, 6.07) is 2.99. The van der Waals surface area contributed by atoms with Gasteiger partial charge in [0, 0.05) is 0 Å². The Bertz CT molecular complexity index is 584. The molecular formula is C20H26O6. The fraction of sp³-hybridized carbons (Fsp3) is 0.400. The Morgan fingerprint density at radius 3 is 1.58 bits per heavy atom. The van der Waals surface area contributed by atoms with Crippen molar-refractivity contribution in [3.63, 3.8) is 0 Å². The van der Waals surface area contributed by atoms with E-state index >= 15 is 0 Å². The van der Waals surface area contributed by atoms with Crippen LogP contribution in [0.3, 0.4) is 0 Å². The minimum atomic E-state index is -1.12. The largest absolute Gasteiger partial charge is 0.502 e. The van der Waals surface area contributed by atoms with Gasteiger partial charge in [-0.05, 0) is 55.7 Å². The van der Waals surface area contributed by atoms with Crippen LogP contribution in [0.4, 0.5) is 0 Å². The summed E-state index contributed by atoms with van der Waals surface area (Å²) in [6.07, 6.45) is 6.86. The van der Waals surface area contributed by atoms with E-state index in [1.54, 1.807) is 6.07 Å². The summed E-state index contributed by atoms with van der Waals surface area (Å²) < 4.78 is 10.1. The quantitative estimate of drug-likeness (QED) is 0.383. The summed E-state index contributed by atoms with van der Waals surface area (Å²) in [5.41, 5.74) is 1.40. The number of hydrogen-bond acceptors (Lipinski definition) is 4. The Balaban J connectivity index is 2.92. The van der Waals surface area contributed by atoms with Gasteiger partial charge in [-0.15, -0.1) is 0 Å². The normalized spacial score (nSPS) is 10.2. The van der Waals surface area contributed by atoms with E-state index in [2.05, 4.69) is 13.2 Å². The van der Waals surface area contributed by atoms with Crippen molar-refractivity contribution < 1.29 is 29.3 Å². The fourth-order valence-corrected chi connectivity index (χ4v) is 2.68. The van der Waals surface area contributed by atoms with Gasteiger partial charge in [-0.3, -0.25) is 0 Å². The van der Waals surface area contributed by atoms with Crippen LogP contribution in [0.25, 0.3) is 0 Å². The minimum Gasteiger partial charge on any atom is -0.502 e. The van der Waals surface area contributed by atoms with Crippen LogP contribution in [0.15, 0.2) is 37.8 Å². The van der Waals surface area contributed by atoms with Gasteiger partial charge in [0.25, 0.3) is 0 Å². The highest BCUT2D eigenvalue weighted by atomic mass is 16.5. The first-order chi connectivity index (χ1) is 12.5. The first-order valence-corrected chi connectivity index (χ1v) is 8.58. The van der Waals surface area contributed by atoms with Crippen molar-refractivity contribution in [2.75, 3.05) is 13.2 Å². The number of benzene rings is 1. The molecule has 0 atom stereocenters. The fourth-order valence-electron chi connectivity index (χ4n) is 2.68. The van der Waals surface area contributed by atoms with E-state index in [1.807, 2.05) is 0 Å². The zero-order chi connectivity index (χ0) is 19.4. The monoisotopic (exact) mass is 362 g/mol. The lowest BCUT2D eigenvalue weighted by atomic mass is 9.92. The molecule has 0 amide bonds. The Hall–Kier alpha value is -2.76. The van der Waals surface area contributed by atoms with Crippen molar-refractivity contribution in [2.45, 2.75) is 38.5 Å². The Kier molecular flexibility index (Phi) is 9.61. The molecule has 1 aromatic carbocycles. The van der Waals surface area contributed by atoms with Crippen LogP contribution in [-0.2, 0) is 22.3 Å². The average Bonchev–Trinajstić information content (AvgIpc) is 2.60. The van der Waals surface area contributed by atoms with Crippen LogP contribution in [0.1, 0.15) is 57.5 Å². The van der Waals surface area contributed by atoms with Crippen LogP contribution in [-0.4, -0.2) is 35.4 Å². The number of carboxylic acid groups (broad SMARTS) is 2. The van der Waals surface area contributed by atoms with Gasteiger partial charge in [0.1, 0.15) is 0 Å². The van der Waals surface area contributed by atoms with E-state index in [1.165, 1.54) is 18.6 Å². The molecule has 0 heterocycles. The lowest BCUT2D eigenvalue weighted by molar-refractivity contribution is 0.0695. The molecule has 0 aromatic heterocycles. The first kappa shape index (κ1) is 21.3. The molecule has 0 aliphatic rings. The van der Waals surface area contributed by atoms with E-state index in [4.69, 9.17) is 9.47 Å². The van der Waals surface area contributed by atoms with Gasteiger partial charge >= 0.3 is 11.9 Å². The van der Waals surface area contributed by atoms with Gasteiger partial charge in [-0.2, -0.15) is 0 Å². The third-order valence-electron chi connectivity index (χ3n) is 3.94. The number of ether oxygens (including phenoxy) is 2. The van der Waals surface area contributed by atoms with Crippen LogP contribution >= 0.6 is 0 Å². The number of aromatic carboxylic acids is 2. The lowest BCUT2D eigenvalue weighted by Crippen LogP contribution is -2.11. The summed E-state index contributed by atoms with van der Waals surface area (Å²) >= 11 is 0. The smallest absolute Gasteiger partial charge is 0.335 e. The van der Waals surface area contributed by atoms with Crippen molar-refractivity contribution in [1.82, 2.24) is 0 Å². The van der Waals surface area contributed by atoms with Crippen molar-refractivity contribution in [2.24, 2.45) is 0 Å². The predicted octanol–water partition coefficient (Wildman–Crippen LogP) is 4.05. The summed E-state index contributed by atoms with van der Waals surface area (Å²) in [7, 11) is 0. The summed E-state index contributed by atoms with van der Waals surface area (Å²) in [5.74, 6) is -2.23. The molecule has 0 unspecified atom stereocenters. The molecule has 0 aliphatic heterocycles. The Morgan fingerprint density at radius 1 is 0.808 bits per heavy atom. The van der Waals surface area contributed by atoms with Gasteiger partial charge in [0.15, 0.2) is 0 Å². The molecule has 0 spiro atoms. The van der Waals surface area contributed by atoms with Crippen molar-refractivity contribution in [3.8, 4) is 0 Å². The highest BCUT2D eigenvalue weighted by molar-refractivity contribution is 5.96. The molecule has 0 radical (unpaired) electrons. The van der Waals surface area contributed by atoms with Gasteiger partial charge in [-0.1, -0.05) is 19.2 Å². The second-order valence-corrected chi connectivity index (χ2v) is 5.77. The maximum absolute atomic E-state index is 11.5. The molecule has 26 heavy (non-hydrogen) atoms. The van der Waals surface area contributed by atoms with Crippen molar-refractivity contribution in [1.29, 1.82) is 0 Å². The second kappa shape index (κ2) is 11.7. The predicted molar refractivity (Wildman–Crippen MR) is 98.5 cm³/mol. The van der Waals surface area contributed by atoms with E-state index in [0.717, 1.165) is 25.7 Å². The van der Waals surface area contributed by atoms with Crippen molar-refractivity contribution >= 4 is 11.9 Å². The maximum Gasteiger partial charge on any atom is 0.335 e. The number of aryl methyl sites for hydroxylation is 2. The van der Waals surface area contributed by atoms with Crippen molar-refractivity contribution in [3.05, 3.63) is 60.1 Å². The molecule has 0 aliphatic carbocycles. The van der Waals surface area contributed by atoms with Crippen LogP contribution < -0.4 is 0 Å². The molecule has 0 saturated carbocycles. The molecule has 0 bridgehead atoms. The third-order valence-corrected chi connectivity index (χ3v) is 3.94. The SMILES string of the molecule is C=COCCCCc1cc(CCCCOC=C)c(C(=O)O)cc1C(=O)O. The number of carbonyl (C=O) groups is 2. The van der Waals surface area contributed by atoms with E-state index in [-0.39, 0.29) is 11.1 Å². The van der Waals surface area contributed by atoms with Crippen LogP contribution in [0.5, 0.6) is 0 Å². The Morgan fingerprint density at radius 2 is 1.23 bits per heavy atom. The highest BCUT2D eigenvalue weighted by Gasteiger charge is 2.18. The molecule has 0 saturated heterocycles. The molecule has 1 rings (SSSR count). The number of hydrogen-bond donors (Lipinski definition) is 2. The molecule has 142 valence electrons. The first-order valence-electron chi connectivity index (χ1n) is 8.58. The van der Waals surface area contributed by atoms with Crippen LogP contribution in [0.2, 0.25) is 0 Å². The van der Waals surface area contributed by atoms with E-state index in [0.29, 0.717) is 37.2 Å². The zero-order valence-electron chi connectivity index (χ0n) is 14.9. The maximum atomic E-state index is 11.5. The molecular weight excluding hydrogens is 336 g/mol. The highest BCUT2D eigenvalue weighted by Crippen LogP contribution is 2.22. The Labute approximate surface area is 153 Å². The molecule has 0 fully saturated rings. The standard InChI is InChI=1S/C20H26O6/c1-3-25-11-7-5-9-15-13-16(10-6-8-12-26-4-2)18(20(23)24)14-17(15)19(21)22/h3-4,13-14H,1-2,5-12H2,(H,21,22)(H,23,24). The summed E-state index contributed by atoms with van der Waals surface area (Å²) in [5, 5.41) is 18.8. The van der Waals surface area contributed by atoms with Gasteiger partial charge in [0.05, 0.1) is 36.9 Å². The second-order valence-electron chi connectivity index (χ2n) is 5.77. The third kappa shape index (κ3) is 7.01. The van der Waals surface area contributed by atoms with E-state index < -0.39 is 11.9 Å². The zero-order valence-corrected chi connectivity index (χ0v) is 14.9. The summed E-state index contributed by atoms with van der Waals surface area (Å²) in [4.78, 5) is 23.0. The summed E-state index contributed by atoms with van der Waals surface area (Å²) in [6.45, 7) is 7.98. The lowest BCUT2D eigenvalue weighted by Gasteiger charge is -2.13. The van der Waals surface area contributed by atoms with Gasteiger partial charge in [-0.25, -0.2) is 9.59 Å². The average molecular weight is 362 g/mol. The number of rotatable bonds is 14. The molecule has 1 aromatic rings. The number of carboxylic acids is 2. The van der Waals surface area contributed by atoms with Gasteiger partial charge in [0.2, 0.25) is 0 Å². The van der Waals surface area contributed by atoms with Gasteiger partial charge < -0.3 is 19.7 Å². The van der Waals surface area contributed by atoms with E-state index in [9.17, 15) is 19.8 Å². The topological polar surface area (TPSA) is 93.1 Å². The minimum absolute atomic E-state index is 0.0470. The number of unbranched alkanes of at least 4 members (excludes halogenated alkanes) is 2. The molecule has 6 heteroatoms.